The van der Waals surface area contributed by atoms with E-state index >= 15 is 0 Å². The molecule has 2 aromatic carbocycles. The van der Waals surface area contributed by atoms with Crippen molar-refractivity contribution in [3.63, 3.8) is 0 Å². The Balaban J connectivity index is 1.88. The molecule has 1 amide bonds. The molecule has 1 heterocycles. The number of aryl methyl sites for hydroxylation is 1. The molecular formula is C19H18N2O3S. The molecule has 3 rings (SSSR count). The van der Waals surface area contributed by atoms with Gasteiger partial charge < -0.3 is 14.8 Å². The summed E-state index contributed by atoms with van der Waals surface area (Å²) in [6, 6.07) is 13.3. The monoisotopic (exact) mass is 354 g/mol. The lowest BCUT2D eigenvalue weighted by atomic mass is 10.1. The predicted molar refractivity (Wildman–Crippen MR) is 102 cm³/mol. The molecular weight excluding hydrogens is 336 g/mol. The molecule has 1 N–H and O–H groups in total. The van der Waals surface area contributed by atoms with Gasteiger partial charge in [-0.3, -0.25) is 4.79 Å². The fourth-order valence-corrected chi connectivity index (χ4v) is 3.18. The van der Waals surface area contributed by atoms with Crippen molar-refractivity contribution in [3.8, 4) is 11.5 Å². The number of rotatable bonds is 4. The molecule has 6 heteroatoms. The summed E-state index contributed by atoms with van der Waals surface area (Å²) < 4.78 is 10.6. The third-order valence-corrected chi connectivity index (χ3v) is 4.63. The first kappa shape index (κ1) is 17.1. The molecule has 1 aliphatic rings. The average molecular weight is 354 g/mol. The largest absolute Gasteiger partial charge is 0.497 e. The fraction of sp³-hybridized carbons (Fsp3) is 0.158. The molecule has 0 saturated carbocycles. The van der Waals surface area contributed by atoms with E-state index in [2.05, 4.69) is 10.3 Å². The highest BCUT2D eigenvalue weighted by Crippen LogP contribution is 2.32. The van der Waals surface area contributed by atoms with Crippen LogP contribution >= 0.6 is 11.8 Å². The van der Waals surface area contributed by atoms with Gasteiger partial charge in [0.2, 0.25) is 0 Å². The summed E-state index contributed by atoms with van der Waals surface area (Å²) in [6.07, 6.45) is 1.79. The molecule has 25 heavy (non-hydrogen) atoms. The molecule has 0 aromatic heterocycles. The Hall–Kier alpha value is -2.73. The van der Waals surface area contributed by atoms with Gasteiger partial charge in [-0.05, 0) is 48.5 Å². The number of carbonyl (C=O) groups excluding carboxylic acids is 1. The van der Waals surface area contributed by atoms with Gasteiger partial charge in [-0.25, -0.2) is 4.99 Å². The van der Waals surface area contributed by atoms with Crippen LogP contribution in [0.2, 0.25) is 0 Å². The van der Waals surface area contributed by atoms with E-state index in [4.69, 9.17) is 9.47 Å². The van der Waals surface area contributed by atoms with E-state index in [9.17, 15) is 4.79 Å². The highest BCUT2D eigenvalue weighted by molar-refractivity contribution is 8.18. The smallest absolute Gasteiger partial charge is 0.264 e. The molecule has 1 aliphatic heterocycles. The van der Waals surface area contributed by atoms with Crippen LogP contribution in [0.25, 0.3) is 6.08 Å². The van der Waals surface area contributed by atoms with Gasteiger partial charge in [0.05, 0.1) is 24.8 Å². The van der Waals surface area contributed by atoms with Crippen LogP contribution in [-0.4, -0.2) is 25.3 Å². The highest BCUT2D eigenvalue weighted by Gasteiger charge is 2.24. The molecule has 0 spiro atoms. The maximum atomic E-state index is 12.2. The topological polar surface area (TPSA) is 59.9 Å². The minimum atomic E-state index is -0.171. The van der Waals surface area contributed by atoms with Crippen LogP contribution in [0.15, 0.2) is 52.4 Å². The average Bonchev–Trinajstić information content (AvgIpc) is 2.96. The van der Waals surface area contributed by atoms with Gasteiger partial charge in [-0.2, -0.15) is 0 Å². The van der Waals surface area contributed by atoms with Crippen molar-refractivity contribution in [1.29, 1.82) is 0 Å². The zero-order valence-electron chi connectivity index (χ0n) is 14.2. The Morgan fingerprint density at radius 2 is 1.92 bits per heavy atom. The lowest BCUT2D eigenvalue weighted by Crippen LogP contribution is -2.19. The number of carbonyl (C=O) groups is 1. The Labute approximate surface area is 150 Å². The lowest BCUT2D eigenvalue weighted by molar-refractivity contribution is -0.115. The summed E-state index contributed by atoms with van der Waals surface area (Å²) in [5.74, 6) is 1.17. The van der Waals surface area contributed by atoms with Gasteiger partial charge >= 0.3 is 0 Å². The molecule has 5 nitrogen and oxygen atoms in total. The van der Waals surface area contributed by atoms with Crippen molar-refractivity contribution in [1.82, 2.24) is 5.32 Å². The van der Waals surface area contributed by atoms with E-state index in [0.29, 0.717) is 21.6 Å². The Morgan fingerprint density at radius 3 is 2.64 bits per heavy atom. The first-order valence-corrected chi connectivity index (χ1v) is 8.49. The molecule has 0 atom stereocenters. The van der Waals surface area contributed by atoms with Crippen LogP contribution in [0.5, 0.6) is 11.5 Å². The predicted octanol–water partition coefficient (Wildman–Crippen LogP) is 3.90. The van der Waals surface area contributed by atoms with E-state index in [-0.39, 0.29) is 5.91 Å². The lowest BCUT2D eigenvalue weighted by Gasteiger charge is -2.07. The maximum Gasteiger partial charge on any atom is 0.264 e. The number of hydrogen-bond donors (Lipinski definition) is 1. The zero-order valence-corrected chi connectivity index (χ0v) is 15.0. The second-order valence-electron chi connectivity index (χ2n) is 5.38. The summed E-state index contributed by atoms with van der Waals surface area (Å²) >= 11 is 1.31. The molecule has 2 aromatic rings. The van der Waals surface area contributed by atoms with Crippen LogP contribution in [-0.2, 0) is 4.79 Å². The van der Waals surface area contributed by atoms with Crippen molar-refractivity contribution >= 4 is 34.6 Å². The third kappa shape index (κ3) is 3.85. The Kier molecular flexibility index (Phi) is 5.09. The summed E-state index contributed by atoms with van der Waals surface area (Å²) in [5, 5.41) is 3.37. The van der Waals surface area contributed by atoms with E-state index in [1.165, 1.54) is 11.8 Å². The van der Waals surface area contributed by atoms with Gasteiger partial charge in [0.25, 0.3) is 5.91 Å². The molecule has 0 unspecified atom stereocenters. The number of benzene rings is 2. The summed E-state index contributed by atoms with van der Waals surface area (Å²) in [7, 11) is 3.19. The molecule has 128 valence electrons. The van der Waals surface area contributed by atoms with E-state index < -0.39 is 0 Å². The van der Waals surface area contributed by atoms with Crippen molar-refractivity contribution in [2.24, 2.45) is 4.99 Å². The zero-order chi connectivity index (χ0) is 17.8. The van der Waals surface area contributed by atoms with E-state index in [1.807, 2.05) is 43.3 Å². The van der Waals surface area contributed by atoms with Gasteiger partial charge in [-0.15, -0.1) is 0 Å². The number of nitrogens with zero attached hydrogens (tertiary/aromatic N) is 1. The molecule has 0 bridgehead atoms. The number of aliphatic imine (C=N–C) groups is 1. The second kappa shape index (κ2) is 7.44. The van der Waals surface area contributed by atoms with Crippen LogP contribution in [0.4, 0.5) is 5.69 Å². The third-order valence-electron chi connectivity index (χ3n) is 3.72. The first-order valence-electron chi connectivity index (χ1n) is 7.68. The highest BCUT2D eigenvalue weighted by atomic mass is 32.2. The number of nitrogens with one attached hydrogen (secondary N) is 1. The van der Waals surface area contributed by atoms with E-state index in [1.54, 1.807) is 26.4 Å². The van der Waals surface area contributed by atoms with Crippen molar-refractivity contribution in [2.45, 2.75) is 6.92 Å². The number of amides is 1. The van der Waals surface area contributed by atoms with Crippen LogP contribution in [0.1, 0.15) is 11.1 Å². The van der Waals surface area contributed by atoms with Gasteiger partial charge in [-0.1, -0.05) is 18.2 Å². The first-order chi connectivity index (χ1) is 12.1. The Bertz CT molecular complexity index is 875. The summed E-state index contributed by atoms with van der Waals surface area (Å²) in [4.78, 5) is 17.3. The molecule has 1 saturated heterocycles. The van der Waals surface area contributed by atoms with Gasteiger partial charge in [0.1, 0.15) is 11.5 Å². The summed E-state index contributed by atoms with van der Waals surface area (Å²) in [6.45, 7) is 1.99. The fourth-order valence-electron chi connectivity index (χ4n) is 2.36. The number of hydrogen-bond acceptors (Lipinski definition) is 5. The van der Waals surface area contributed by atoms with Crippen LogP contribution in [0.3, 0.4) is 0 Å². The van der Waals surface area contributed by atoms with Gasteiger partial charge in [0, 0.05) is 11.6 Å². The van der Waals surface area contributed by atoms with Crippen molar-refractivity contribution in [2.75, 3.05) is 14.2 Å². The van der Waals surface area contributed by atoms with Gasteiger partial charge in [0.15, 0.2) is 5.17 Å². The van der Waals surface area contributed by atoms with Crippen molar-refractivity contribution in [3.05, 3.63) is 58.5 Å². The number of methoxy groups -OCH3 is 2. The van der Waals surface area contributed by atoms with Crippen molar-refractivity contribution < 1.29 is 14.3 Å². The minimum absolute atomic E-state index is 0.171. The number of ether oxygens (including phenoxy) is 2. The van der Waals surface area contributed by atoms with E-state index in [0.717, 1.165) is 16.8 Å². The second-order valence-corrected chi connectivity index (χ2v) is 6.41. The number of para-hydroxylation sites is 1. The quantitative estimate of drug-likeness (QED) is 0.846. The molecule has 0 aliphatic carbocycles. The van der Waals surface area contributed by atoms with Crippen LogP contribution in [0, 0.1) is 6.92 Å². The molecule has 0 radical (unpaired) electrons. The SMILES string of the molecule is COc1ccc(C=C2SC(=Nc3ccccc3C)NC2=O)c(OC)c1. The Morgan fingerprint density at radius 1 is 1.12 bits per heavy atom. The number of thioether (sulfide) groups is 1. The standard InChI is InChI=1S/C19H18N2O3S/c1-12-6-4-5-7-15(12)20-19-21-18(22)17(25-19)10-13-8-9-14(23-2)11-16(13)24-3/h4-11H,1-3H3,(H,20,21,22). The summed E-state index contributed by atoms with van der Waals surface area (Å²) in [5.41, 5.74) is 2.70. The normalized spacial score (nSPS) is 17.0. The minimum Gasteiger partial charge on any atom is -0.497 e. The molecule has 1 fully saturated rings. The van der Waals surface area contributed by atoms with Crippen LogP contribution < -0.4 is 14.8 Å². The maximum absolute atomic E-state index is 12.2. The number of amidine groups is 1.